The number of esters is 4. The van der Waals surface area contributed by atoms with E-state index in [4.69, 9.17) is 31.2 Å². The number of ether oxygens (including phenoxy) is 4. The van der Waals surface area contributed by atoms with E-state index in [2.05, 4.69) is 47.3 Å². The van der Waals surface area contributed by atoms with E-state index in [1.54, 1.807) is 0 Å². The molecule has 0 saturated carbocycles. The van der Waals surface area contributed by atoms with Gasteiger partial charge in [0.05, 0.1) is 0 Å². The third-order valence-corrected chi connectivity index (χ3v) is 20.1. The SMILES string of the molecule is CCCCCCCCOC(=O)CCN1CC[O][Sn]2([O]CCN(CCC(=O)OCCCCCCCC)CC1)[O]CCN(CCC(=O)OCCCCCCCC)CCN(CCC(=O)OCCCCCCCC)CC[O]2. The van der Waals surface area contributed by atoms with Crippen LogP contribution in [0.3, 0.4) is 0 Å². The second-order valence-corrected chi connectivity index (χ2v) is 26.4. The van der Waals surface area contributed by atoms with E-state index in [9.17, 15) is 19.2 Å². The standard InChI is InChI=1S/2C28H54N2O6.Sn/c2*1-3-5-7-9-11-13-25-35-27(33)15-17-29(21-23-31)19-20-30(22-24-32)18-16-28(34)36-26-14-12-10-8-6-4-2;/h2*3-26H2,1-2H3;/q2*-2;+4. The normalized spacial score (nSPS) is 17.2. The fourth-order valence-electron chi connectivity index (χ4n) is 8.92. The number of unbranched alkanes of at least 4 members (excludes halogenated alkanes) is 20. The summed E-state index contributed by atoms with van der Waals surface area (Å²) in [6.45, 7) is 18.5. The first-order valence-corrected chi connectivity index (χ1v) is 34.5. The first-order chi connectivity index (χ1) is 35.7. The molecule has 0 aromatic heterocycles. The minimum absolute atomic E-state index is 0.200. The van der Waals surface area contributed by atoms with Crippen molar-refractivity contribution in [2.45, 2.75) is 207 Å². The van der Waals surface area contributed by atoms with Gasteiger partial charge in [-0.05, 0) is 0 Å². The van der Waals surface area contributed by atoms with Crippen LogP contribution in [-0.2, 0) is 50.4 Å². The maximum atomic E-state index is 12.9. The van der Waals surface area contributed by atoms with Crippen LogP contribution in [0.5, 0.6) is 0 Å². The van der Waals surface area contributed by atoms with Crippen molar-refractivity contribution >= 4 is 43.9 Å². The number of carbonyl (C=O) groups is 4. The average molecular weight is 1150 g/mol. The van der Waals surface area contributed by atoms with Crippen molar-refractivity contribution in [1.29, 1.82) is 0 Å². The summed E-state index contributed by atoms with van der Waals surface area (Å²) in [5.41, 5.74) is 0. The zero-order valence-corrected chi connectivity index (χ0v) is 50.0. The Kier molecular flexibility index (Phi) is 44.0. The van der Waals surface area contributed by atoms with Gasteiger partial charge >= 0.3 is 348 Å². The maximum absolute atomic E-state index is 12.9. The van der Waals surface area contributed by atoms with Crippen LogP contribution in [0.2, 0.25) is 0 Å². The fourth-order valence-corrected chi connectivity index (χ4v) is 14.2. The van der Waals surface area contributed by atoms with E-state index in [0.717, 1.165) is 51.4 Å². The summed E-state index contributed by atoms with van der Waals surface area (Å²) in [6, 6.07) is 0. The monoisotopic (exact) mass is 1150 g/mol. The summed E-state index contributed by atoms with van der Waals surface area (Å²) >= 11 is -4.80. The summed E-state index contributed by atoms with van der Waals surface area (Å²) in [7, 11) is 0. The predicted octanol–water partition coefficient (Wildman–Crippen LogP) is 9.90. The molecular weight excluding hydrogens is 1040 g/mol. The Morgan fingerprint density at radius 2 is 0.521 bits per heavy atom. The molecule has 2 rings (SSSR count). The summed E-state index contributed by atoms with van der Waals surface area (Å²) in [5.74, 6) is -0.800. The number of carbonyl (C=O) groups excluding carboxylic acids is 4. The van der Waals surface area contributed by atoms with Crippen molar-refractivity contribution in [1.82, 2.24) is 19.6 Å². The number of nitrogens with zero attached hydrogens (tertiary/aromatic N) is 4. The van der Waals surface area contributed by atoms with Gasteiger partial charge in [-0.25, -0.2) is 0 Å². The Morgan fingerprint density at radius 3 is 0.740 bits per heavy atom. The summed E-state index contributed by atoms with van der Waals surface area (Å²) in [4.78, 5) is 60.6. The molecule has 2 aliphatic rings. The molecule has 0 aromatic carbocycles. The Hall–Kier alpha value is -1.64. The Balaban J connectivity index is 2.18. The second kappa shape index (κ2) is 47.6. The molecule has 0 aliphatic carbocycles. The molecule has 0 atom stereocenters. The first kappa shape index (κ1) is 67.5. The van der Waals surface area contributed by atoms with Crippen LogP contribution < -0.4 is 0 Å². The van der Waals surface area contributed by atoms with E-state index in [0.29, 0.717) is 105 Å². The van der Waals surface area contributed by atoms with Crippen molar-refractivity contribution in [2.24, 2.45) is 0 Å². The van der Waals surface area contributed by atoms with Crippen LogP contribution in [0.15, 0.2) is 0 Å². The predicted molar refractivity (Wildman–Crippen MR) is 291 cm³/mol. The molecule has 0 bridgehead atoms. The van der Waals surface area contributed by atoms with E-state index in [-0.39, 0.29) is 76.0 Å². The van der Waals surface area contributed by atoms with E-state index in [1.165, 1.54) is 103 Å². The van der Waals surface area contributed by atoms with Crippen LogP contribution in [0, 0.1) is 0 Å². The molecule has 0 aromatic rings. The van der Waals surface area contributed by atoms with Crippen molar-refractivity contribution in [3.8, 4) is 0 Å². The van der Waals surface area contributed by atoms with Gasteiger partial charge in [-0.3, -0.25) is 0 Å². The second-order valence-electron chi connectivity index (χ2n) is 20.2. The average Bonchev–Trinajstić information content (AvgIpc) is 3.45. The number of rotatable bonds is 40. The number of hydrogen-bond acceptors (Lipinski definition) is 16. The molecule has 0 unspecified atom stereocenters. The van der Waals surface area contributed by atoms with E-state index in [1.807, 2.05) is 0 Å². The molecule has 1 spiro atoms. The van der Waals surface area contributed by atoms with Crippen molar-refractivity contribution in [2.75, 3.05) is 131 Å². The van der Waals surface area contributed by atoms with Crippen LogP contribution in [0.1, 0.15) is 207 Å². The third-order valence-electron chi connectivity index (χ3n) is 13.8. The molecule has 17 heteroatoms. The molecule has 0 radical (unpaired) electrons. The number of hydrogen-bond donors (Lipinski definition) is 0. The van der Waals surface area contributed by atoms with Crippen LogP contribution in [0.4, 0.5) is 0 Å². The molecule has 2 saturated heterocycles. The van der Waals surface area contributed by atoms with Crippen molar-refractivity contribution < 1.29 is 50.4 Å². The van der Waals surface area contributed by atoms with Gasteiger partial charge < -0.3 is 0 Å². The van der Waals surface area contributed by atoms with Crippen molar-refractivity contribution in [3.05, 3.63) is 0 Å². The van der Waals surface area contributed by atoms with Crippen LogP contribution in [0.25, 0.3) is 0 Å². The van der Waals surface area contributed by atoms with Gasteiger partial charge in [0.25, 0.3) is 0 Å². The van der Waals surface area contributed by atoms with Gasteiger partial charge in [0.1, 0.15) is 0 Å². The summed E-state index contributed by atoms with van der Waals surface area (Å²) in [5, 5.41) is 0. The van der Waals surface area contributed by atoms with Gasteiger partial charge in [-0.2, -0.15) is 0 Å². The Morgan fingerprint density at radius 1 is 0.315 bits per heavy atom. The van der Waals surface area contributed by atoms with Crippen LogP contribution in [-0.4, -0.2) is 195 Å². The quantitative estimate of drug-likeness (QED) is 0.0247. The topological polar surface area (TPSA) is 155 Å². The van der Waals surface area contributed by atoms with Gasteiger partial charge in [0.15, 0.2) is 0 Å². The molecule has 2 aliphatic heterocycles. The minimum atomic E-state index is -4.80. The molecule has 0 N–H and O–H groups in total. The molecule has 2 fully saturated rings. The fraction of sp³-hybridized carbons (Fsp3) is 0.929. The van der Waals surface area contributed by atoms with Gasteiger partial charge in [-0.1, -0.05) is 105 Å². The molecule has 428 valence electrons. The molecular formula is C56H108N4O12Sn. The Bertz CT molecular complexity index is 1160. The molecule has 16 nitrogen and oxygen atoms in total. The van der Waals surface area contributed by atoms with Gasteiger partial charge in [0.2, 0.25) is 0 Å². The molecule has 73 heavy (non-hydrogen) atoms. The van der Waals surface area contributed by atoms with E-state index < -0.39 is 20.0 Å². The molecule has 2 heterocycles. The zero-order valence-electron chi connectivity index (χ0n) is 47.1. The Labute approximate surface area is 450 Å². The molecule has 0 amide bonds. The zero-order chi connectivity index (χ0) is 52.7. The summed E-state index contributed by atoms with van der Waals surface area (Å²) < 4.78 is 49.4. The summed E-state index contributed by atoms with van der Waals surface area (Å²) in [6.07, 6.45) is 28.2. The third kappa shape index (κ3) is 38.5. The van der Waals surface area contributed by atoms with E-state index >= 15 is 0 Å². The van der Waals surface area contributed by atoms with Crippen molar-refractivity contribution in [3.63, 3.8) is 0 Å². The first-order valence-electron chi connectivity index (χ1n) is 29.8. The van der Waals surface area contributed by atoms with Crippen LogP contribution >= 0.6 is 0 Å². The van der Waals surface area contributed by atoms with Gasteiger partial charge in [-0.15, -0.1) is 0 Å². The van der Waals surface area contributed by atoms with Gasteiger partial charge in [0, 0.05) is 0 Å².